The number of aromatic nitrogens is 2. The van der Waals surface area contributed by atoms with Crippen molar-refractivity contribution in [3.05, 3.63) is 50.1 Å². The lowest BCUT2D eigenvalue weighted by atomic mass is 10.1. The van der Waals surface area contributed by atoms with Crippen LogP contribution >= 0.6 is 15.9 Å². The number of rotatable bonds is 4. The van der Waals surface area contributed by atoms with Gasteiger partial charge in [0.15, 0.2) is 0 Å². The first-order valence-electron chi connectivity index (χ1n) is 6.90. The van der Waals surface area contributed by atoms with Gasteiger partial charge in [-0.05, 0) is 46.8 Å². The van der Waals surface area contributed by atoms with E-state index >= 15 is 0 Å². The molecule has 1 N–H and O–H groups in total. The quantitative estimate of drug-likeness (QED) is 0.595. The van der Waals surface area contributed by atoms with Gasteiger partial charge in [-0.1, -0.05) is 12.1 Å². The summed E-state index contributed by atoms with van der Waals surface area (Å²) in [5.41, 5.74) is -1.08. The van der Waals surface area contributed by atoms with Crippen LogP contribution in [0.4, 0.5) is 24.7 Å². The fourth-order valence-electron chi connectivity index (χ4n) is 2.16. The van der Waals surface area contributed by atoms with Crippen molar-refractivity contribution in [3.63, 3.8) is 0 Å². The van der Waals surface area contributed by atoms with Crippen LogP contribution in [-0.2, 0) is 11.0 Å². The second-order valence-corrected chi connectivity index (χ2v) is 5.93. The Balaban J connectivity index is 2.31. The zero-order valence-electron chi connectivity index (χ0n) is 13.0. The van der Waals surface area contributed by atoms with Crippen LogP contribution in [0.1, 0.15) is 24.2 Å². The lowest BCUT2D eigenvalue weighted by molar-refractivity contribution is -0.390. The SMILES string of the molecule is Cc1c(Br)c([N+](=O)[O-])nn1[C@@H](C)C(=O)Nc1ccccc1C(F)(F)F. The Hall–Kier alpha value is -2.43. The molecule has 0 spiro atoms. The van der Waals surface area contributed by atoms with Gasteiger partial charge in [-0.3, -0.25) is 4.79 Å². The molecule has 0 aliphatic carbocycles. The lowest BCUT2D eigenvalue weighted by Gasteiger charge is -2.16. The van der Waals surface area contributed by atoms with E-state index in [2.05, 4.69) is 26.3 Å². The largest absolute Gasteiger partial charge is 0.418 e. The molecule has 1 amide bonds. The van der Waals surface area contributed by atoms with Crippen molar-refractivity contribution in [2.24, 2.45) is 0 Å². The van der Waals surface area contributed by atoms with E-state index in [0.717, 1.165) is 16.8 Å². The zero-order valence-corrected chi connectivity index (χ0v) is 14.6. The van der Waals surface area contributed by atoms with Gasteiger partial charge in [0.2, 0.25) is 0 Å². The minimum Gasteiger partial charge on any atom is -0.358 e. The minimum atomic E-state index is -4.63. The number of hydrogen-bond donors (Lipinski definition) is 1. The number of benzene rings is 1. The number of nitrogens with zero attached hydrogens (tertiary/aromatic N) is 3. The van der Waals surface area contributed by atoms with E-state index in [1.54, 1.807) is 0 Å². The molecule has 0 saturated carbocycles. The highest BCUT2D eigenvalue weighted by Gasteiger charge is 2.35. The number of halogens is 4. The van der Waals surface area contributed by atoms with E-state index in [9.17, 15) is 28.1 Å². The third-order valence-electron chi connectivity index (χ3n) is 3.47. The molecule has 0 aliphatic rings. The Bertz CT molecular complexity index is 835. The van der Waals surface area contributed by atoms with Gasteiger partial charge in [0.1, 0.15) is 10.5 Å². The van der Waals surface area contributed by atoms with Crippen molar-refractivity contribution in [1.82, 2.24) is 9.78 Å². The Morgan fingerprint density at radius 1 is 1.40 bits per heavy atom. The van der Waals surface area contributed by atoms with Crippen LogP contribution in [0.5, 0.6) is 0 Å². The predicted molar refractivity (Wildman–Crippen MR) is 86.1 cm³/mol. The molecule has 1 aromatic heterocycles. The van der Waals surface area contributed by atoms with Crippen LogP contribution in [0.25, 0.3) is 0 Å². The van der Waals surface area contributed by atoms with Gasteiger partial charge >= 0.3 is 12.0 Å². The number of carbonyl (C=O) groups excluding carboxylic acids is 1. The molecule has 7 nitrogen and oxygen atoms in total. The topological polar surface area (TPSA) is 90.1 Å². The van der Waals surface area contributed by atoms with Crippen molar-refractivity contribution in [1.29, 1.82) is 0 Å². The monoisotopic (exact) mass is 420 g/mol. The van der Waals surface area contributed by atoms with Crippen LogP contribution in [0, 0.1) is 17.0 Å². The number of anilines is 1. The highest BCUT2D eigenvalue weighted by Crippen LogP contribution is 2.35. The molecule has 0 fully saturated rings. The maximum Gasteiger partial charge on any atom is 0.418 e. The van der Waals surface area contributed by atoms with Gasteiger partial charge in [0.05, 0.1) is 22.0 Å². The summed E-state index contributed by atoms with van der Waals surface area (Å²) in [6.07, 6.45) is -4.63. The Kier molecular flexibility index (Phi) is 5.16. The number of para-hydroxylation sites is 1. The third-order valence-corrected chi connectivity index (χ3v) is 4.40. The summed E-state index contributed by atoms with van der Waals surface area (Å²) in [6, 6.07) is 3.48. The number of hydrogen-bond acceptors (Lipinski definition) is 4. The van der Waals surface area contributed by atoms with Crippen LogP contribution in [0.15, 0.2) is 28.7 Å². The number of nitro groups is 1. The highest BCUT2D eigenvalue weighted by molar-refractivity contribution is 9.10. The molecule has 0 aliphatic heterocycles. The first-order valence-corrected chi connectivity index (χ1v) is 7.69. The molecule has 1 aromatic carbocycles. The molecule has 25 heavy (non-hydrogen) atoms. The molecule has 2 aromatic rings. The van der Waals surface area contributed by atoms with Gasteiger partial charge in [-0.25, -0.2) is 0 Å². The average molecular weight is 421 g/mol. The smallest absolute Gasteiger partial charge is 0.358 e. The summed E-state index contributed by atoms with van der Waals surface area (Å²) >= 11 is 3.02. The highest BCUT2D eigenvalue weighted by atomic mass is 79.9. The predicted octanol–water partition coefficient (Wildman–Crippen LogP) is 4.08. The first-order chi connectivity index (χ1) is 11.5. The van der Waals surface area contributed by atoms with Crippen LogP contribution < -0.4 is 5.32 Å². The van der Waals surface area contributed by atoms with Crippen LogP contribution in [-0.4, -0.2) is 20.6 Å². The van der Waals surface area contributed by atoms with E-state index in [0.29, 0.717) is 5.69 Å². The van der Waals surface area contributed by atoms with Crippen molar-refractivity contribution >= 4 is 33.3 Å². The molecule has 0 unspecified atom stereocenters. The van der Waals surface area contributed by atoms with Gasteiger partial charge in [-0.15, -0.1) is 0 Å². The number of nitrogens with one attached hydrogen (secondary N) is 1. The minimum absolute atomic E-state index is 0.104. The fourth-order valence-corrected chi connectivity index (χ4v) is 2.57. The molecule has 0 saturated heterocycles. The molecule has 0 radical (unpaired) electrons. The third kappa shape index (κ3) is 3.81. The van der Waals surface area contributed by atoms with Crippen molar-refractivity contribution in [3.8, 4) is 0 Å². The molecular weight excluding hydrogens is 409 g/mol. The Morgan fingerprint density at radius 3 is 2.52 bits per heavy atom. The second-order valence-electron chi connectivity index (χ2n) is 5.13. The van der Waals surface area contributed by atoms with Crippen LogP contribution in [0.2, 0.25) is 0 Å². The zero-order chi connectivity index (χ0) is 18.9. The maximum atomic E-state index is 13.0. The van der Waals surface area contributed by atoms with E-state index in [1.165, 1.54) is 26.0 Å². The number of carbonyl (C=O) groups is 1. The second kappa shape index (κ2) is 6.82. The standard InChI is InChI=1S/C14H12BrF3N4O3/c1-7-11(15)12(22(24)25)20-21(7)8(2)13(23)19-10-6-4-3-5-9(10)14(16,17)18/h3-6,8H,1-2H3,(H,19,23)/t8-/m0/s1. The first kappa shape index (κ1) is 18.9. The van der Waals surface area contributed by atoms with E-state index in [-0.39, 0.29) is 4.47 Å². The van der Waals surface area contributed by atoms with Gasteiger partial charge < -0.3 is 15.4 Å². The maximum absolute atomic E-state index is 13.0. The summed E-state index contributed by atoms with van der Waals surface area (Å²) in [5.74, 6) is -1.27. The molecule has 1 heterocycles. The van der Waals surface area contributed by atoms with Gasteiger partial charge in [0.25, 0.3) is 5.91 Å². The fraction of sp³-hybridized carbons (Fsp3) is 0.286. The van der Waals surface area contributed by atoms with Crippen molar-refractivity contribution in [2.75, 3.05) is 5.32 Å². The van der Waals surface area contributed by atoms with Crippen molar-refractivity contribution in [2.45, 2.75) is 26.1 Å². The van der Waals surface area contributed by atoms with E-state index in [1.807, 2.05) is 0 Å². The van der Waals surface area contributed by atoms with Gasteiger partial charge in [0, 0.05) is 0 Å². The van der Waals surface area contributed by atoms with E-state index < -0.39 is 40.1 Å². The van der Waals surface area contributed by atoms with Crippen molar-refractivity contribution < 1.29 is 22.9 Å². The lowest BCUT2D eigenvalue weighted by Crippen LogP contribution is -2.26. The average Bonchev–Trinajstić information content (AvgIpc) is 2.82. The molecule has 2 rings (SSSR count). The number of alkyl halides is 3. The Morgan fingerprint density at radius 2 is 2.00 bits per heavy atom. The van der Waals surface area contributed by atoms with E-state index in [4.69, 9.17) is 0 Å². The number of amides is 1. The Labute approximate surface area is 148 Å². The summed E-state index contributed by atoms with van der Waals surface area (Å²) in [7, 11) is 0. The summed E-state index contributed by atoms with van der Waals surface area (Å²) in [4.78, 5) is 22.5. The molecule has 0 bridgehead atoms. The molecular formula is C14H12BrF3N4O3. The molecule has 1 atom stereocenters. The summed E-state index contributed by atoms with van der Waals surface area (Å²) < 4.78 is 40.1. The molecule has 11 heteroatoms. The normalized spacial score (nSPS) is 12.7. The molecule has 134 valence electrons. The summed E-state index contributed by atoms with van der Waals surface area (Å²) in [5, 5.41) is 16.8. The van der Waals surface area contributed by atoms with Crippen LogP contribution in [0.3, 0.4) is 0 Å². The van der Waals surface area contributed by atoms with Gasteiger partial charge in [-0.2, -0.15) is 17.9 Å². The summed E-state index contributed by atoms with van der Waals surface area (Å²) in [6.45, 7) is 2.87.